The number of alkyl halides is 3. The highest BCUT2D eigenvalue weighted by Gasteiger charge is 2.56. The first kappa shape index (κ1) is 24.1. The van der Waals surface area contributed by atoms with Crippen LogP contribution in [0.4, 0.5) is 13.2 Å². The molecule has 186 valence electrons. The Morgan fingerprint density at radius 3 is 2.66 bits per heavy atom. The third kappa shape index (κ3) is 4.76. The quantitative estimate of drug-likeness (QED) is 0.578. The number of carbonyl (C=O) groups is 1. The molecule has 1 saturated carbocycles. The van der Waals surface area contributed by atoms with E-state index in [2.05, 4.69) is 15.3 Å². The lowest BCUT2D eigenvalue weighted by Crippen LogP contribution is -2.37. The molecule has 0 radical (unpaired) electrons. The van der Waals surface area contributed by atoms with Gasteiger partial charge in [0.2, 0.25) is 0 Å². The minimum Gasteiger partial charge on any atom is -0.478 e. The summed E-state index contributed by atoms with van der Waals surface area (Å²) in [6, 6.07) is 7.84. The van der Waals surface area contributed by atoms with Crippen molar-refractivity contribution in [3.8, 4) is 5.75 Å². The third-order valence-corrected chi connectivity index (χ3v) is 7.97. The molecule has 0 spiro atoms. The van der Waals surface area contributed by atoms with E-state index < -0.39 is 23.3 Å². The molecular weight excluding hydrogens is 477 g/mol. The van der Waals surface area contributed by atoms with Crippen molar-refractivity contribution >= 4 is 17.5 Å². The zero-order valence-electron chi connectivity index (χ0n) is 19.6. The Labute approximate surface area is 206 Å². The van der Waals surface area contributed by atoms with E-state index in [1.54, 1.807) is 6.08 Å². The predicted molar refractivity (Wildman–Crippen MR) is 127 cm³/mol. The van der Waals surface area contributed by atoms with Gasteiger partial charge in [-0.05, 0) is 79.9 Å². The number of nitrogens with zero attached hydrogens (tertiary/aromatic N) is 2. The Morgan fingerprint density at radius 2 is 1.97 bits per heavy atom. The van der Waals surface area contributed by atoms with E-state index in [1.807, 2.05) is 18.2 Å². The Hall–Kier alpha value is -2.65. The molecule has 1 aromatic carbocycles. The van der Waals surface area contributed by atoms with E-state index in [1.165, 1.54) is 43.1 Å². The summed E-state index contributed by atoms with van der Waals surface area (Å²) in [7, 11) is 0. The van der Waals surface area contributed by atoms with Crippen LogP contribution in [0.25, 0.3) is 0 Å². The van der Waals surface area contributed by atoms with Crippen molar-refractivity contribution in [2.75, 3.05) is 13.1 Å². The van der Waals surface area contributed by atoms with E-state index >= 15 is 0 Å². The molecule has 1 aromatic heterocycles. The maximum Gasteiger partial charge on any atom is 0.416 e. The average Bonchev–Trinajstić information content (AvgIpc) is 3.40. The summed E-state index contributed by atoms with van der Waals surface area (Å²) >= 11 is 1.43. The third-order valence-electron chi connectivity index (χ3n) is 7.20. The molecule has 2 unspecified atom stereocenters. The first-order chi connectivity index (χ1) is 16.5. The number of allylic oxidation sites excluding steroid dienone is 4. The Kier molecular flexibility index (Phi) is 5.83. The standard InChI is InChI=1S/C26H27F3N2O3S/c1-24(2,23(32)33)34-20-4-3-16-6-9-31(10-7-17(16)11-20)15-21-13-22(30-35-21)25-8-5-18(26(27,28)29)12-19(25)14-25/h3-5,8,11-13,19H,6-7,9-10,14-15H2,1-2H3,(H,32,33). The number of aliphatic carboxylic acids is 1. The van der Waals surface area contributed by atoms with Crippen LogP contribution >= 0.6 is 11.5 Å². The van der Waals surface area contributed by atoms with Crippen LogP contribution in [0.15, 0.2) is 48.1 Å². The van der Waals surface area contributed by atoms with Crippen LogP contribution in [0.1, 0.15) is 42.0 Å². The zero-order chi connectivity index (χ0) is 25.0. The van der Waals surface area contributed by atoms with Crippen molar-refractivity contribution in [1.82, 2.24) is 9.27 Å². The molecule has 0 bridgehead atoms. The normalized spacial score (nSPS) is 24.3. The lowest BCUT2D eigenvalue weighted by atomic mass is 9.92. The summed E-state index contributed by atoms with van der Waals surface area (Å²) < 4.78 is 49.4. The summed E-state index contributed by atoms with van der Waals surface area (Å²) in [5.74, 6) is -0.590. The lowest BCUT2D eigenvalue weighted by molar-refractivity contribution is -0.152. The van der Waals surface area contributed by atoms with E-state index in [4.69, 9.17) is 4.74 Å². The van der Waals surface area contributed by atoms with Gasteiger partial charge in [0.05, 0.1) is 11.3 Å². The molecule has 2 atom stereocenters. The number of carboxylic acid groups (broad SMARTS) is 1. The van der Waals surface area contributed by atoms with Gasteiger partial charge in [-0.15, -0.1) is 0 Å². The maximum absolute atomic E-state index is 13.0. The lowest BCUT2D eigenvalue weighted by Gasteiger charge is -2.22. The first-order valence-corrected chi connectivity index (χ1v) is 12.4. The van der Waals surface area contributed by atoms with Gasteiger partial charge in [-0.3, -0.25) is 4.90 Å². The molecule has 5 rings (SSSR count). The first-order valence-electron chi connectivity index (χ1n) is 11.7. The van der Waals surface area contributed by atoms with Gasteiger partial charge in [-0.25, -0.2) is 4.79 Å². The highest BCUT2D eigenvalue weighted by Crippen LogP contribution is 2.59. The Morgan fingerprint density at radius 1 is 1.23 bits per heavy atom. The second-order valence-electron chi connectivity index (χ2n) is 10.1. The molecule has 5 nitrogen and oxygen atoms in total. The van der Waals surface area contributed by atoms with E-state index in [9.17, 15) is 23.1 Å². The van der Waals surface area contributed by atoms with Gasteiger partial charge in [0.25, 0.3) is 0 Å². The molecule has 2 heterocycles. The summed E-state index contributed by atoms with van der Waals surface area (Å²) in [6.45, 7) is 5.53. The van der Waals surface area contributed by atoms with Crippen LogP contribution < -0.4 is 4.74 Å². The number of carboxylic acids is 1. The summed E-state index contributed by atoms with van der Waals surface area (Å²) in [4.78, 5) is 14.8. The van der Waals surface area contributed by atoms with Crippen LogP contribution in [0, 0.1) is 5.92 Å². The van der Waals surface area contributed by atoms with Crippen LogP contribution in [0.2, 0.25) is 0 Å². The highest BCUT2D eigenvalue weighted by atomic mass is 32.1. The summed E-state index contributed by atoms with van der Waals surface area (Å²) in [5.41, 5.74) is 1.03. The minimum atomic E-state index is -4.30. The number of rotatable bonds is 6. The van der Waals surface area contributed by atoms with Crippen molar-refractivity contribution in [2.45, 2.75) is 56.8 Å². The van der Waals surface area contributed by atoms with Crippen LogP contribution in [-0.2, 0) is 29.6 Å². The van der Waals surface area contributed by atoms with Crippen molar-refractivity contribution in [3.63, 3.8) is 0 Å². The van der Waals surface area contributed by atoms with Crippen molar-refractivity contribution < 1.29 is 27.8 Å². The van der Waals surface area contributed by atoms with Crippen LogP contribution in [-0.4, -0.2) is 45.2 Å². The second-order valence-corrected chi connectivity index (χ2v) is 11.0. The van der Waals surface area contributed by atoms with Crippen molar-refractivity contribution in [1.29, 1.82) is 0 Å². The largest absolute Gasteiger partial charge is 0.478 e. The van der Waals surface area contributed by atoms with Gasteiger partial charge in [0.1, 0.15) is 5.75 Å². The molecule has 0 saturated heterocycles. The fourth-order valence-corrected chi connectivity index (χ4v) is 5.76. The van der Waals surface area contributed by atoms with Gasteiger partial charge in [0, 0.05) is 29.9 Å². The topological polar surface area (TPSA) is 62.7 Å². The van der Waals surface area contributed by atoms with Gasteiger partial charge < -0.3 is 9.84 Å². The highest BCUT2D eigenvalue weighted by molar-refractivity contribution is 7.05. The fraction of sp³-hybridized carbons (Fsp3) is 0.462. The number of benzene rings is 1. The molecule has 1 N–H and O–H groups in total. The number of hydrogen-bond acceptors (Lipinski definition) is 5. The molecule has 1 fully saturated rings. The molecular formula is C26H27F3N2O3S. The zero-order valence-corrected chi connectivity index (χ0v) is 20.4. The Balaban J connectivity index is 1.22. The number of fused-ring (bicyclic) bond motifs is 2. The molecule has 1 aliphatic heterocycles. The fourth-order valence-electron chi connectivity index (χ4n) is 4.92. The smallest absolute Gasteiger partial charge is 0.416 e. The predicted octanol–water partition coefficient (Wildman–Crippen LogP) is 5.30. The number of hydrogen-bond donors (Lipinski definition) is 1. The average molecular weight is 505 g/mol. The Bertz CT molecular complexity index is 1220. The minimum absolute atomic E-state index is 0.130. The molecule has 0 amide bonds. The van der Waals surface area contributed by atoms with Gasteiger partial charge in [-0.1, -0.05) is 24.3 Å². The number of aromatic nitrogens is 1. The van der Waals surface area contributed by atoms with Gasteiger partial charge >= 0.3 is 12.1 Å². The van der Waals surface area contributed by atoms with Gasteiger partial charge in [0.15, 0.2) is 5.60 Å². The molecule has 9 heteroatoms. The monoisotopic (exact) mass is 504 g/mol. The molecule has 2 aromatic rings. The maximum atomic E-state index is 13.0. The molecule has 2 aliphatic carbocycles. The summed E-state index contributed by atoms with van der Waals surface area (Å²) in [5, 5.41) is 9.32. The van der Waals surface area contributed by atoms with Crippen molar-refractivity contribution in [3.05, 3.63) is 69.8 Å². The second kappa shape index (κ2) is 8.48. The van der Waals surface area contributed by atoms with Crippen LogP contribution in [0.3, 0.4) is 0 Å². The molecule has 35 heavy (non-hydrogen) atoms. The number of ether oxygens (including phenoxy) is 1. The van der Waals surface area contributed by atoms with Gasteiger partial charge in [-0.2, -0.15) is 17.5 Å². The molecule has 3 aliphatic rings. The van der Waals surface area contributed by atoms with Crippen LogP contribution in [0.5, 0.6) is 5.75 Å². The SMILES string of the molecule is CC(C)(Oc1ccc2c(c1)CCN(Cc1cc(C34C=CC(C(F)(F)F)=CC3C4)ns1)CC2)C(=O)O. The van der Waals surface area contributed by atoms with E-state index in [0.717, 1.165) is 48.6 Å². The van der Waals surface area contributed by atoms with Crippen molar-refractivity contribution in [2.24, 2.45) is 5.92 Å². The van der Waals surface area contributed by atoms with E-state index in [0.29, 0.717) is 12.2 Å². The van der Waals surface area contributed by atoms with E-state index in [-0.39, 0.29) is 11.3 Å². The number of halogens is 3. The summed E-state index contributed by atoms with van der Waals surface area (Å²) in [6.07, 6.45) is 2.31.